The van der Waals surface area contributed by atoms with Gasteiger partial charge in [-0.25, -0.2) is 9.78 Å². The van der Waals surface area contributed by atoms with E-state index in [4.69, 9.17) is 4.74 Å². The molecule has 0 aromatic carbocycles. The Balaban J connectivity index is 1.59. The number of nitrogens with zero attached hydrogens (tertiary/aromatic N) is 3. The Morgan fingerprint density at radius 1 is 1.25 bits per heavy atom. The molecule has 6 heteroatoms. The minimum atomic E-state index is -0.450. The largest absolute Gasteiger partial charge is 0.444 e. The number of amides is 1. The number of carbonyl (C=O) groups is 1. The monoisotopic (exact) mass is 328 g/mol. The molecule has 0 bridgehead atoms. The zero-order valence-corrected chi connectivity index (χ0v) is 14.5. The van der Waals surface area contributed by atoms with E-state index < -0.39 is 5.60 Å². The summed E-state index contributed by atoms with van der Waals surface area (Å²) in [5.74, 6) is 1.34. The molecule has 2 aromatic heterocycles. The highest BCUT2D eigenvalue weighted by Gasteiger charge is 2.28. The van der Waals surface area contributed by atoms with E-state index in [0.717, 1.165) is 29.9 Å². The van der Waals surface area contributed by atoms with E-state index in [0.29, 0.717) is 19.0 Å². The molecule has 0 spiro atoms. The fourth-order valence-corrected chi connectivity index (χ4v) is 2.88. The van der Waals surface area contributed by atoms with Gasteiger partial charge in [-0.2, -0.15) is 0 Å². The van der Waals surface area contributed by atoms with Crippen LogP contribution in [0.15, 0.2) is 30.7 Å². The second kappa shape index (κ2) is 6.63. The third kappa shape index (κ3) is 3.93. The molecule has 0 aliphatic carbocycles. The van der Waals surface area contributed by atoms with Crippen molar-refractivity contribution in [2.75, 3.05) is 13.1 Å². The van der Waals surface area contributed by atoms with Crippen LogP contribution in [-0.4, -0.2) is 44.6 Å². The number of carbonyl (C=O) groups excluding carboxylic acids is 1. The molecule has 1 fully saturated rings. The Bertz CT molecular complexity index is 683. The molecule has 0 atom stereocenters. The van der Waals surface area contributed by atoms with Crippen molar-refractivity contribution in [2.24, 2.45) is 0 Å². The van der Waals surface area contributed by atoms with Gasteiger partial charge in [0.25, 0.3) is 0 Å². The zero-order chi connectivity index (χ0) is 17.2. The van der Waals surface area contributed by atoms with Crippen LogP contribution in [0.2, 0.25) is 0 Å². The number of H-pyrrole nitrogens is 1. The lowest BCUT2D eigenvalue weighted by molar-refractivity contribution is 0.0203. The molecular weight excluding hydrogens is 304 g/mol. The van der Waals surface area contributed by atoms with Crippen molar-refractivity contribution in [3.8, 4) is 11.3 Å². The lowest BCUT2D eigenvalue weighted by Crippen LogP contribution is -2.41. The van der Waals surface area contributed by atoms with Crippen LogP contribution in [0.4, 0.5) is 4.79 Å². The third-order valence-electron chi connectivity index (χ3n) is 4.12. The maximum absolute atomic E-state index is 12.1. The SMILES string of the molecule is CC(C)(C)OC(=O)N1CCC(c2ncc(-c3ccncc3)[nH]2)CC1. The number of piperidine rings is 1. The van der Waals surface area contributed by atoms with Gasteiger partial charge in [0.2, 0.25) is 0 Å². The first-order chi connectivity index (χ1) is 11.4. The quantitative estimate of drug-likeness (QED) is 0.914. The number of nitrogens with one attached hydrogen (secondary N) is 1. The summed E-state index contributed by atoms with van der Waals surface area (Å²) in [7, 11) is 0. The number of likely N-dealkylation sites (tertiary alicyclic amines) is 1. The van der Waals surface area contributed by atoms with E-state index >= 15 is 0 Å². The summed E-state index contributed by atoms with van der Waals surface area (Å²) in [4.78, 5) is 25.9. The van der Waals surface area contributed by atoms with Gasteiger partial charge in [0.1, 0.15) is 11.4 Å². The highest BCUT2D eigenvalue weighted by Crippen LogP contribution is 2.28. The molecule has 2 aromatic rings. The molecule has 1 N–H and O–H groups in total. The molecular formula is C18H24N4O2. The molecule has 128 valence electrons. The molecule has 1 amide bonds. The van der Waals surface area contributed by atoms with Crippen molar-refractivity contribution in [2.45, 2.75) is 45.1 Å². The van der Waals surface area contributed by atoms with E-state index in [9.17, 15) is 4.79 Å². The van der Waals surface area contributed by atoms with Crippen molar-refractivity contribution >= 4 is 6.09 Å². The van der Waals surface area contributed by atoms with Crippen LogP contribution in [0.1, 0.15) is 45.4 Å². The fourth-order valence-electron chi connectivity index (χ4n) is 2.88. The van der Waals surface area contributed by atoms with Gasteiger partial charge in [0, 0.05) is 37.0 Å². The van der Waals surface area contributed by atoms with Crippen LogP contribution in [0, 0.1) is 0 Å². The van der Waals surface area contributed by atoms with Crippen LogP contribution < -0.4 is 0 Å². The van der Waals surface area contributed by atoms with E-state index in [2.05, 4.69) is 15.0 Å². The van der Waals surface area contributed by atoms with Gasteiger partial charge < -0.3 is 14.6 Å². The highest BCUT2D eigenvalue weighted by molar-refractivity contribution is 5.68. The minimum absolute atomic E-state index is 0.224. The Labute approximate surface area is 142 Å². The normalized spacial score (nSPS) is 16.2. The highest BCUT2D eigenvalue weighted by atomic mass is 16.6. The average molecular weight is 328 g/mol. The second-order valence-corrected chi connectivity index (χ2v) is 7.16. The number of rotatable bonds is 2. The first-order valence-electron chi connectivity index (χ1n) is 8.35. The Morgan fingerprint density at radius 3 is 2.54 bits per heavy atom. The zero-order valence-electron chi connectivity index (χ0n) is 14.5. The van der Waals surface area contributed by atoms with Crippen LogP contribution in [0.25, 0.3) is 11.3 Å². The first kappa shape index (κ1) is 16.5. The summed E-state index contributed by atoms with van der Waals surface area (Å²) in [6.45, 7) is 7.07. The molecule has 6 nitrogen and oxygen atoms in total. The molecule has 0 saturated carbocycles. The maximum Gasteiger partial charge on any atom is 0.410 e. The van der Waals surface area contributed by atoms with Gasteiger partial charge in [-0.15, -0.1) is 0 Å². The van der Waals surface area contributed by atoms with Crippen molar-refractivity contribution in [1.29, 1.82) is 0 Å². The van der Waals surface area contributed by atoms with Gasteiger partial charge in [0.15, 0.2) is 0 Å². The summed E-state index contributed by atoms with van der Waals surface area (Å²) in [6.07, 6.45) is 6.97. The minimum Gasteiger partial charge on any atom is -0.444 e. The number of hydrogen-bond donors (Lipinski definition) is 1. The number of ether oxygens (including phenoxy) is 1. The van der Waals surface area contributed by atoms with Crippen molar-refractivity contribution in [3.05, 3.63) is 36.5 Å². The summed E-state index contributed by atoms with van der Waals surface area (Å²) in [6, 6.07) is 3.92. The topological polar surface area (TPSA) is 71.1 Å². The Morgan fingerprint density at radius 2 is 1.92 bits per heavy atom. The first-order valence-corrected chi connectivity index (χ1v) is 8.35. The van der Waals surface area contributed by atoms with E-state index in [1.165, 1.54) is 0 Å². The van der Waals surface area contributed by atoms with Crippen LogP contribution in [0.5, 0.6) is 0 Å². The lowest BCUT2D eigenvalue weighted by atomic mass is 9.96. The van der Waals surface area contributed by atoms with Crippen LogP contribution >= 0.6 is 0 Å². The molecule has 1 aliphatic rings. The third-order valence-corrected chi connectivity index (χ3v) is 4.12. The van der Waals surface area contributed by atoms with Gasteiger partial charge in [-0.3, -0.25) is 4.98 Å². The van der Waals surface area contributed by atoms with Gasteiger partial charge in [-0.1, -0.05) is 0 Å². The van der Waals surface area contributed by atoms with Crippen LogP contribution in [-0.2, 0) is 4.74 Å². The fraction of sp³-hybridized carbons (Fsp3) is 0.500. The van der Waals surface area contributed by atoms with Gasteiger partial charge >= 0.3 is 6.09 Å². The maximum atomic E-state index is 12.1. The molecule has 3 heterocycles. The van der Waals surface area contributed by atoms with Gasteiger partial charge in [0.05, 0.1) is 11.9 Å². The number of aromatic nitrogens is 3. The number of pyridine rings is 1. The average Bonchev–Trinajstić information content (AvgIpc) is 3.04. The lowest BCUT2D eigenvalue weighted by Gasteiger charge is -2.32. The standard InChI is InChI=1S/C18H24N4O2/c1-18(2,3)24-17(23)22-10-6-14(7-11-22)16-20-12-15(21-16)13-4-8-19-9-5-13/h4-5,8-9,12,14H,6-7,10-11H2,1-3H3,(H,20,21). The van der Waals surface area contributed by atoms with E-state index in [-0.39, 0.29) is 6.09 Å². The van der Waals surface area contributed by atoms with E-state index in [1.54, 1.807) is 17.3 Å². The predicted octanol–water partition coefficient (Wildman–Crippen LogP) is 3.59. The summed E-state index contributed by atoms with van der Waals surface area (Å²) in [5, 5.41) is 0. The second-order valence-electron chi connectivity index (χ2n) is 7.16. The van der Waals surface area contributed by atoms with Crippen molar-refractivity contribution < 1.29 is 9.53 Å². The molecule has 3 rings (SSSR count). The predicted molar refractivity (Wildman–Crippen MR) is 91.6 cm³/mol. The van der Waals surface area contributed by atoms with Crippen LogP contribution in [0.3, 0.4) is 0 Å². The Hall–Kier alpha value is -2.37. The number of aromatic amines is 1. The molecule has 1 saturated heterocycles. The van der Waals surface area contributed by atoms with E-state index in [1.807, 2.05) is 39.1 Å². The molecule has 1 aliphatic heterocycles. The van der Waals surface area contributed by atoms with Crippen molar-refractivity contribution in [3.63, 3.8) is 0 Å². The van der Waals surface area contributed by atoms with Gasteiger partial charge in [-0.05, 0) is 45.7 Å². The summed E-state index contributed by atoms with van der Waals surface area (Å²) < 4.78 is 5.44. The molecule has 0 radical (unpaired) electrons. The molecule has 0 unspecified atom stereocenters. The summed E-state index contributed by atoms with van der Waals surface area (Å²) in [5.41, 5.74) is 1.63. The summed E-state index contributed by atoms with van der Waals surface area (Å²) >= 11 is 0. The number of imidazole rings is 1. The molecule has 24 heavy (non-hydrogen) atoms. The number of hydrogen-bond acceptors (Lipinski definition) is 4. The smallest absolute Gasteiger partial charge is 0.410 e. The Kier molecular flexibility index (Phi) is 4.55. The van der Waals surface area contributed by atoms with Crippen molar-refractivity contribution in [1.82, 2.24) is 19.9 Å².